The zero-order valence-electron chi connectivity index (χ0n) is 23.6. The third-order valence-corrected chi connectivity index (χ3v) is 7.86. The van der Waals surface area contributed by atoms with Crippen LogP contribution in [-0.4, -0.2) is 41.3 Å². The average Bonchev–Trinajstić information content (AvgIpc) is 3.52. The fraction of sp³-hybridized carbons (Fsp3) is 0.0625. The molecule has 1 aromatic heterocycles. The van der Waals surface area contributed by atoms with Crippen molar-refractivity contribution >= 4 is 39.8 Å². The number of para-hydroxylation sites is 1. The minimum absolute atomic E-state index is 0.0543. The molecule has 0 aliphatic rings. The predicted molar refractivity (Wildman–Crippen MR) is 168 cm³/mol. The van der Waals surface area contributed by atoms with E-state index in [9.17, 15) is 25.1 Å². The molecular weight excluding hydrogens is 596 g/mol. The Labute approximate surface area is 260 Å². The molecule has 0 bridgehead atoms. The molecule has 0 radical (unpaired) electrons. The quantitative estimate of drug-likeness (QED) is 0.0679. The van der Waals surface area contributed by atoms with Crippen LogP contribution < -0.4 is 10.1 Å². The molecule has 5 aromatic carbocycles. The van der Waals surface area contributed by atoms with E-state index in [4.69, 9.17) is 4.74 Å². The van der Waals surface area contributed by atoms with E-state index in [0.29, 0.717) is 27.2 Å². The lowest BCUT2D eigenvalue weighted by Gasteiger charge is -2.15. The van der Waals surface area contributed by atoms with E-state index in [2.05, 4.69) is 20.8 Å². The Bertz CT molecular complexity index is 2070. The SMILES string of the molecule is Cc1ccc(O)c(NC(=O)c2cc(Oc3ccc(CSc4nnnn4-c4ccccc4)cc3[N+](=O)[O-])c3ccccc3c2O)c1. The number of carbonyl (C=O) groups excluding carboxylic acids is 1. The fourth-order valence-electron chi connectivity index (χ4n) is 4.67. The Morgan fingerprint density at radius 3 is 2.49 bits per heavy atom. The molecule has 0 fully saturated rings. The van der Waals surface area contributed by atoms with Crippen molar-refractivity contribution in [3.05, 3.63) is 124 Å². The van der Waals surface area contributed by atoms with Crippen molar-refractivity contribution in [2.24, 2.45) is 0 Å². The maximum atomic E-state index is 13.3. The summed E-state index contributed by atoms with van der Waals surface area (Å²) in [7, 11) is 0. The fourth-order valence-corrected chi connectivity index (χ4v) is 5.51. The number of aromatic hydroxyl groups is 2. The number of phenols is 2. The van der Waals surface area contributed by atoms with Gasteiger partial charge in [0.25, 0.3) is 5.91 Å². The number of fused-ring (bicyclic) bond motifs is 1. The van der Waals surface area contributed by atoms with Gasteiger partial charge in [-0.15, -0.1) is 5.10 Å². The summed E-state index contributed by atoms with van der Waals surface area (Å²) in [5.74, 6) is -0.745. The number of rotatable bonds is 9. The van der Waals surface area contributed by atoms with E-state index in [1.165, 1.54) is 36.0 Å². The zero-order chi connectivity index (χ0) is 31.5. The molecular formula is C32H24N6O6S. The molecule has 12 nitrogen and oxygen atoms in total. The van der Waals surface area contributed by atoms with Gasteiger partial charge in [-0.1, -0.05) is 66.4 Å². The number of thioether (sulfide) groups is 1. The number of ether oxygens (including phenoxy) is 1. The van der Waals surface area contributed by atoms with Crippen LogP contribution in [0.5, 0.6) is 23.0 Å². The first-order valence-electron chi connectivity index (χ1n) is 13.6. The number of nitro groups is 1. The normalized spacial score (nSPS) is 11.0. The lowest BCUT2D eigenvalue weighted by molar-refractivity contribution is -0.385. The molecule has 6 aromatic rings. The van der Waals surface area contributed by atoms with Crippen molar-refractivity contribution in [1.29, 1.82) is 0 Å². The summed E-state index contributed by atoms with van der Waals surface area (Å²) in [6.45, 7) is 1.80. The van der Waals surface area contributed by atoms with Gasteiger partial charge < -0.3 is 20.3 Å². The smallest absolute Gasteiger partial charge is 0.311 e. The molecule has 0 atom stereocenters. The summed E-state index contributed by atoms with van der Waals surface area (Å²) in [5.41, 5.74) is 1.95. The number of hydrogen-bond acceptors (Lipinski definition) is 10. The van der Waals surface area contributed by atoms with Crippen LogP contribution in [0.25, 0.3) is 16.5 Å². The van der Waals surface area contributed by atoms with E-state index in [1.807, 2.05) is 30.3 Å². The van der Waals surface area contributed by atoms with Gasteiger partial charge in [0.1, 0.15) is 17.2 Å². The summed E-state index contributed by atoms with van der Waals surface area (Å²) in [4.78, 5) is 24.9. The topological polar surface area (TPSA) is 166 Å². The van der Waals surface area contributed by atoms with Gasteiger partial charge in [0, 0.05) is 22.6 Å². The highest BCUT2D eigenvalue weighted by Crippen LogP contribution is 2.41. The summed E-state index contributed by atoms with van der Waals surface area (Å²) in [6, 6.07) is 26.7. The maximum absolute atomic E-state index is 13.3. The first-order valence-corrected chi connectivity index (χ1v) is 14.5. The van der Waals surface area contributed by atoms with Crippen molar-refractivity contribution in [1.82, 2.24) is 20.2 Å². The predicted octanol–water partition coefficient (Wildman–Crippen LogP) is 6.78. The van der Waals surface area contributed by atoms with Crippen LogP contribution in [0.3, 0.4) is 0 Å². The van der Waals surface area contributed by atoms with Crippen molar-refractivity contribution in [2.75, 3.05) is 5.32 Å². The first kappa shape index (κ1) is 29.1. The summed E-state index contributed by atoms with van der Waals surface area (Å²) in [6.07, 6.45) is 0. The van der Waals surface area contributed by atoms with Crippen molar-refractivity contribution in [3.63, 3.8) is 0 Å². The van der Waals surface area contributed by atoms with Gasteiger partial charge in [0.05, 0.1) is 21.9 Å². The van der Waals surface area contributed by atoms with E-state index < -0.39 is 10.8 Å². The summed E-state index contributed by atoms with van der Waals surface area (Å²) >= 11 is 1.32. The van der Waals surface area contributed by atoms with Crippen LogP contribution in [0.4, 0.5) is 11.4 Å². The molecule has 224 valence electrons. The van der Waals surface area contributed by atoms with E-state index >= 15 is 0 Å². The molecule has 3 N–H and O–H groups in total. The molecule has 0 unspecified atom stereocenters. The number of aromatic nitrogens is 4. The number of aryl methyl sites for hydroxylation is 1. The molecule has 6 rings (SSSR count). The lowest BCUT2D eigenvalue weighted by Crippen LogP contribution is -2.13. The number of anilines is 1. The molecule has 1 amide bonds. The third-order valence-electron chi connectivity index (χ3n) is 6.87. The second-order valence-electron chi connectivity index (χ2n) is 9.95. The van der Waals surface area contributed by atoms with Crippen LogP contribution in [-0.2, 0) is 5.75 Å². The van der Waals surface area contributed by atoms with Crippen LogP contribution >= 0.6 is 11.8 Å². The standard InChI is InChI=1S/C32H24N6O6S/c1-19-11-13-27(39)25(15-19)33-31(41)24-17-29(22-9-5-6-10-23(22)30(24)40)44-28-14-12-20(16-26(28)38(42)43)18-45-32-34-35-36-37(32)21-7-3-2-4-8-21/h2-17,39-40H,18H2,1H3,(H,33,41). The Kier molecular flexibility index (Phi) is 7.99. The van der Waals surface area contributed by atoms with Crippen LogP contribution in [0.1, 0.15) is 21.5 Å². The van der Waals surface area contributed by atoms with Gasteiger partial charge in [-0.2, -0.15) is 4.68 Å². The second kappa shape index (κ2) is 12.3. The maximum Gasteiger partial charge on any atom is 0.311 e. The van der Waals surface area contributed by atoms with E-state index in [1.54, 1.807) is 54.1 Å². The van der Waals surface area contributed by atoms with Crippen molar-refractivity contribution in [2.45, 2.75) is 17.8 Å². The number of amides is 1. The minimum atomic E-state index is -0.705. The van der Waals surface area contributed by atoms with Crippen molar-refractivity contribution < 1.29 is 24.7 Å². The Morgan fingerprint density at radius 1 is 0.956 bits per heavy atom. The Morgan fingerprint density at radius 2 is 1.71 bits per heavy atom. The van der Waals surface area contributed by atoms with Gasteiger partial charge in [0.15, 0.2) is 0 Å². The van der Waals surface area contributed by atoms with Crippen molar-refractivity contribution in [3.8, 4) is 28.7 Å². The lowest BCUT2D eigenvalue weighted by atomic mass is 10.0. The van der Waals surface area contributed by atoms with Gasteiger partial charge in [-0.3, -0.25) is 14.9 Å². The molecule has 45 heavy (non-hydrogen) atoms. The number of nitrogens with zero attached hydrogens (tertiary/aromatic N) is 5. The van der Waals surface area contributed by atoms with Gasteiger partial charge in [-0.25, -0.2) is 0 Å². The number of benzene rings is 5. The molecule has 13 heteroatoms. The number of hydrogen-bond donors (Lipinski definition) is 3. The summed E-state index contributed by atoms with van der Waals surface area (Å²) < 4.78 is 7.66. The molecule has 0 saturated heterocycles. The number of nitro benzene ring substituents is 1. The van der Waals surface area contributed by atoms with Crippen LogP contribution in [0, 0.1) is 17.0 Å². The molecule has 1 heterocycles. The molecule has 0 spiro atoms. The van der Waals surface area contributed by atoms with Gasteiger partial charge >= 0.3 is 5.69 Å². The second-order valence-corrected chi connectivity index (χ2v) is 10.9. The Balaban J connectivity index is 1.30. The van der Waals surface area contributed by atoms with Crippen LogP contribution in [0.2, 0.25) is 0 Å². The molecule has 0 saturated carbocycles. The van der Waals surface area contributed by atoms with Crippen LogP contribution in [0.15, 0.2) is 102 Å². The van der Waals surface area contributed by atoms with Gasteiger partial charge in [-0.05, 0) is 64.9 Å². The van der Waals surface area contributed by atoms with Gasteiger partial charge in [0.2, 0.25) is 10.9 Å². The minimum Gasteiger partial charge on any atom is -0.506 e. The summed E-state index contributed by atoms with van der Waals surface area (Å²) in [5, 5.41) is 49.1. The highest BCUT2D eigenvalue weighted by Gasteiger charge is 2.23. The highest BCUT2D eigenvalue weighted by molar-refractivity contribution is 7.98. The molecule has 0 aliphatic carbocycles. The number of carbonyl (C=O) groups is 1. The number of phenolic OH excluding ortho intramolecular Hbond substituents is 2. The largest absolute Gasteiger partial charge is 0.506 e. The average molecular weight is 621 g/mol. The number of tetrazole rings is 1. The highest BCUT2D eigenvalue weighted by atomic mass is 32.2. The third kappa shape index (κ3) is 6.10. The van der Waals surface area contributed by atoms with E-state index in [0.717, 1.165) is 11.3 Å². The monoisotopic (exact) mass is 620 g/mol. The molecule has 0 aliphatic heterocycles. The zero-order valence-corrected chi connectivity index (χ0v) is 24.4. The number of nitrogens with one attached hydrogen (secondary N) is 1. The van der Waals surface area contributed by atoms with E-state index in [-0.39, 0.29) is 39.9 Å². The Hall–Kier alpha value is -5.95. The first-order chi connectivity index (χ1) is 21.8.